The van der Waals surface area contributed by atoms with E-state index in [2.05, 4.69) is 9.88 Å². The normalized spacial score (nSPS) is 17.1. The Balaban J connectivity index is 2.04. The molecule has 0 spiro atoms. The predicted octanol–water partition coefficient (Wildman–Crippen LogP) is 1.19. The number of aliphatic hydroxyl groups excluding tert-OH is 1. The number of carboxylic acids is 1. The molecule has 17 heavy (non-hydrogen) atoms. The minimum absolute atomic E-state index is 0.287. The van der Waals surface area contributed by atoms with Crippen molar-refractivity contribution < 1.29 is 15.0 Å². The Bertz CT molecular complexity index is 385. The average Bonchev–Trinajstić information content (AvgIpc) is 2.82. The van der Waals surface area contributed by atoms with Gasteiger partial charge in [-0.05, 0) is 24.5 Å². The average molecular weight is 236 g/mol. The number of pyridine rings is 1. The largest absolute Gasteiger partial charge is 0.481 e. The summed E-state index contributed by atoms with van der Waals surface area (Å²) in [5.74, 6) is -0.116. The highest BCUT2D eigenvalue weighted by Crippen LogP contribution is 2.21. The fourth-order valence-electron chi connectivity index (χ4n) is 2.01. The molecule has 1 atom stereocenters. The molecule has 2 heterocycles. The van der Waals surface area contributed by atoms with Gasteiger partial charge in [0.2, 0.25) is 0 Å². The van der Waals surface area contributed by atoms with Crippen molar-refractivity contribution in [2.75, 3.05) is 18.0 Å². The zero-order valence-electron chi connectivity index (χ0n) is 9.54. The molecule has 0 unspecified atom stereocenters. The Labute approximate surface area is 99.7 Å². The number of anilines is 1. The monoisotopic (exact) mass is 236 g/mol. The summed E-state index contributed by atoms with van der Waals surface area (Å²) in [6, 6.07) is 3.58. The van der Waals surface area contributed by atoms with Crippen LogP contribution in [0.3, 0.4) is 0 Å². The number of aliphatic carboxylic acids is 1. The van der Waals surface area contributed by atoms with Gasteiger partial charge in [0.15, 0.2) is 0 Å². The Morgan fingerprint density at radius 2 is 2.12 bits per heavy atom. The van der Waals surface area contributed by atoms with E-state index in [1.54, 1.807) is 12.3 Å². The molecular weight excluding hydrogens is 220 g/mol. The van der Waals surface area contributed by atoms with Crippen molar-refractivity contribution >= 4 is 11.8 Å². The number of aromatic nitrogens is 1. The number of carbonyl (C=O) groups is 1. The van der Waals surface area contributed by atoms with Gasteiger partial charge < -0.3 is 15.1 Å². The number of aliphatic hydroxyl groups is 1. The summed E-state index contributed by atoms with van der Waals surface area (Å²) in [4.78, 5) is 16.9. The fourth-order valence-corrected chi connectivity index (χ4v) is 2.01. The summed E-state index contributed by atoms with van der Waals surface area (Å²) in [6.45, 7) is 2.04. The molecule has 0 bridgehead atoms. The van der Waals surface area contributed by atoms with Gasteiger partial charge in [-0.2, -0.15) is 0 Å². The molecule has 0 aliphatic carbocycles. The minimum Gasteiger partial charge on any atom is -0.481 e. The second kappa shape index (κ2) is 5.14. The van der Waals surface area contributed by atoms with Gasteiger partial charge >= 0.3 is 5.97 Å². The SMILES string of the molecule is O=C(O)C[C@@H](O)c1ccc(N2CCCC2)nc1. The Morgan fingerprint density at radius 1 is 1.41 bits per heavy atom. The molecule has 5 nitrogen and oxygen atoms in total. The lowest BCUT2D eigenvalue weighted by molar-refractivity contribution is -0.139. The van der Waals surface area contributed by atoms with E-state index in [-0.39, 0.29) is 6.42 Å². The van der Waals surface area contributed by atoms with E-state index >= 15 is 0 Å². The summed E-state index contributed by atoms with van der Waals surface area (Å²) >= 11 is 0. The molecule has 0 aromatic carbocycles. The summed E-state index contributed by atoms with van der Waals surface area (Å²) in [7, 11) is 0. The van der Waals surface area contributed by atoms with Crippen LogP contribution in [0, 0.1) is 0 Å². The van der Waals surface area contributed by atoms with Crippen molar-refractivity contribution in [1.29, 1.82) is 0 Å². The quantitative estimate of drug-likeness (QED) is 0.821. The van der Waals surface area contributed by atoms with Crippen molar-refractivity contribution in [2.24, 2.45) is 0 Å². The van der Waals surface area contributed by atoms with Gasteiger partial charge in [0.1, 0.15) is 5.82 Å². The molecule has 2 rings (SSSR count). The number of rotatable bonds is 4. The van der Waals surface area contributed by atoms with Gasteiger partial charge in [0.25, 0.3) is 0 Å². The number of hydrogen-bond acceptors (Lipinski definition) is 4. The Morgan fingerprint density at radius 3 is 2.65 bits per heavy atom. The van der Waals surface area contributed by atoms with Crippen molar-refractivity contribution in [1.82, 2.24) is 4.98 Å². The number of carboxylic acid groups (broad SMARTS) is 1. The lowest BCUT2D eigenvalue weighted by atomic mass is 10.1. The van der Waals surface area contributed by atoms with E-state index < -0.39 is 12.1 Å². The van der Waals surface area contributed by atoms with Crippen molar-refractivity contribution in [3.8, 4) is 0 Å². The molecule has 2 N–H and O–H groups in total. The molecule has 92 valence electrons. The van der Waals surface area contributed by atoms with E-state index in [9.17, 15) is 9.90 Å². The maximum Gasteiger partial charge on any atom is 0.306 e. The lowest BCUT2D eigenvalue weighted by Crippen LogP contribution is -2.19. The van der Waals surface area contributed by atoms with E-state index in [1.165, 1.54) is 12.8 Å². The Hall–Kier alpha value is -1.62. The highest BCUT2D eigenvalue weighted by atomic mass is 16.4. The van der Waals surface area contributed by atoms with Gasteiger partial charge in [-0.3, -0.25) is 4.79 Å². The topological polar surface area (TPSA) is 73.7 Å². The molecule has 1 aromatic rings. The van der Waals surface area contributed by atoms with Crippen LogP contribution in [-0.4, -0.2) is 34.3 Å². The maximum atomic E-state index is 10.5. The van der Waals surface area contributed by atoms with Crippen molar-refractivity contribution in [3.63, 3.8) is 0 Å². The molecule has 0 saturated carbocycles. The highest BCUT2D eigenvalue weighted by Gasteiger charge is 2.15. The van der Waals surface area contributed by atoms with Gasteiger partial charge in [-0.15, -0.1) is 0 Å². The lowest BCUT2D eigenvalue weighted by Gasteiger charge is -2.17. The first kappa shape index (κ1) is 11.9. The Kier molecular flexibility index (Phi) is 3.58. The fraction of sp³-hybridized carbons (Fsp3) is 0.500. The predicted molar refractivity (Wildman–Crippen MR) is 62.9 cm³/mol. The summed E-state index contributed by atoms with van der Waals surface area (Å²) in [5.41, 5.74) is 0.551. The van der Waals surface area contributed by atoms with Crippen LogP contribution in [0.2, 0.25) is 0 Å². The van der Waals surface area contributed by atoms with Crippen molar-refractivity contribution in [2.45, 2.75) is 25.4 Å². The molecule has 1 saturated heterocycles. The molecule has 1 aliphatic rings. The molecule has 0 amide bonds. The molecule has 1 aromatic heterocycles. The van der Waals surface area contributed by atoms with Gasteiger partial charge in [0.05, 0.1) is 12.5 Å². The first-order valence-corrected chi connectivity index (χ1v) is 5.77. The van der Waals surface area contributed by atoms with Crippen molar-refractivity contribution in [3.05, 3.63) is 23.9 Å². The molecule has 0 radical (unpaired) electrons. The smallest absolute Gasteiger partial charge is 0.306 e. The van der Waals surface area contributed by atoms with Crippen LogP contribution in [0.1, 0.15) is 30.9 Å². The zero-order chi connectivity index (χ0) is 12.3. The molecule has 1 fully saturated rings. The third kappa shape index (κ3) is 2.94. The number of hydrogen-bond donors (Lipinski definition) is 2. The summed E-state index contributed by atoms with van der Waals surface area (Å²) in [5, 5.41) is 18.2. The first-order valence-electron chi connectivity index (χ1n) is 5.77. The number of nitrogens with zero attached hydrogens (tertiary/aromatic N) is 2. The van der Waals surface area contributed by atoms with Crippen LogP contribution < -0.4 is 4.90 Å². The van der Waals surface area contributed by atoms with Gasteiger partial charge in [0, 0.05) is 19.3 Å². The molecule has 5 heteroatoms. The van der Waals surface area contributed by atoms with Crippen LogP contribution in [0.5, 0.6) is 0 Å². The summed E-state index contributed by atoms with van der Waals surface area (Å²) < 4.78 is 0. The third-order valence-electron chi connectivity index (χ3n) is 2.95. The van der Waals surface area contributed by atoms with Gasteiger partial charge in [-0.25, -0.2) is 4.98 Å². The van der Waals surface area contributed by atoms with E-state index in [1.807, 2.05) is 6.07 Å². The van der Waals surface area contributed by atoms with Crippen LogP contribution in [0.4, 0.5) is 5.82 Å². The molecule has 1 aliphatic heterocycles. The third-order valence-corrected chi connectivity index (χ3v) is 2.95. The molecular formula is C12H16N2O3. The second-order valence-electron chi connectivity index (χ2n) is 4.26. The minimum atomic E-state index is -1.01. The highest BCUT2D eigenvalue weighted by molar-refractivity contribution is 5.67. The standard InChI is InChI=1S/C12H16N2O3/c15-10(7-12(16)17)9-3-4-11(13-8-9)14-5-1-2-6-14/h3-4,8,10,15H,1-2,5-7H2,(H,16,17)/t10-/m1/s1. The van der Waals surface area contributed by atoms with Crippen LogP contribution in [0.15, 0.2) is 18.3 Å². The van der Waals surface area contributed by atoms with Crippen LogP contribution in [-0.2, 0) is 4.79 Å². The van der Waals surface area contributed by atoms with E-state index in [0.29, 0.717) is 5.56 Å². The van der Waals surface area contributed by atoms with E-state index in [0.717, 1.165) is 18.9 Å². The maximum absolute atomic E-state index is 10.5. The second-order valence-corrected chi connectivity index (χ2v) is 4.26. The first-order chi connectivity index (χ1) is 8.16. The zero-order valence-corrected chi connectivity index (χ0v) is 9.54. The van der Waals surface area contributed by atoms with E-state index in [4.69, 9.17) is 5.11 Å². The van der Waals surface area contributed by atoms with Crippen LogP contribution >= 0.6 is 0 Å². The van der Waals surface area contributed by atoms with Gasteiger partial charge in [-0.1, -0.05) is 6.07 Å². The summed E-state index contributed by atoms with van der Waals surface area (Å²) in [6.07, 6.45) is 2.66. The van der Waals surface area contributed by atoms with Crippen LogP contribution in [0.25, 0.3) is 0 Å².